The third-order valence-corrected chi connectivity index (χ3v) is 5.75. The van der Waals surface area contributed by atoms with Gasteiger partial charge in [0.25, 0.3) is 11.8 Å². The Hall–Kier alpha value is -2.75. The molecule has 0 unspecified atom stereocenters. The van der Waals surface area contributed by atoms with Crippen molar-refractivity contribution >= 4 is 34.9 Å². The Kier molecular flexibility index (Phi) is 6.08. The minimum atomic E-state index is -2.19. The lowest BCUT2D eigenvalue weighted by Crippen LogP contribution is -2.52. The Labute approximate surface area is 184 Å². The predicted octanol–water partition coefficient (Wildman–Crippen LogP) is 1.07. The number of nitrogens with zero attached hydrogens (tertiary/aromatic N) is 3. The number of carbonyl (C=O) groups excluding carboxylic acids is 2. The number of carbonyl (C=O) groups is 2. The first-order chi connectivity index (χ1) is 14.9. The lowest BCUT2D eigenvalue weighted by atomic mass is 10.0. The van der Waals surface area contributed by atoms with E-state index in [9.17, 15) is 19.1 Å². The molecule has 10 heteroatoms. The maximum absolute atomic E-state index is 13.5. The van der Waals surface area contributed by atoms with Crippen molar-refractivity contribution in [1.29, 1.82) is 0 Å². The second-order valence-corrected chi connectivity index (χ2v) is 8.08. The zero-order valence-corrected chi connectivity index (χ0v) is 17.5. The number of halogens is 2. The molecule has 0 bridgehead atoms. The van der Waals surface area contributed by atoms with Gasteiger partial charge in [-0.2, -0.15) is 0 Å². The summed E-state index contributed by atoms with van der Waals surface area (Å²) in [7, 11) is 0. The highest BCUT2D eigenvalue weighted by atomic mass is 35.5. The summed E-state index contributed by atoms with van der Waals surface area (Å²) in [6.07, 6.45) is 1.52. The van der Waals surface area contributed by atoms with Crippen molar-refractivity contribution in [3.8, 4) is 0 Å². The molecule has 2 fully saturated rings. The van der Waals surface area contributed by atoms with E-state index in [0.29, 0.717) is 11.3 Å². The van der Waals surface area contributed by atoms with Crippen LogP contribution in [-0.2, 0) is 16.1 Å². The number of amides is 2. The first-order valence-electron chi connectivity index (χ1n) is 10.1. The normalized spacial score (nSPS) is 21.5. The van der Waals surface area contributed by atoms with Gasteiger partial charge >= 0.3 is 0 Å². The summed E-state index contributed by atoms with van der Waals surface area (Å²) >= 11 is 5.82. The first-order valence-corrected chi connectivity index (χ1v) is 10.4. The molecule has 1 aromatic heterocycles. The molecule has 4 rings (SSSR count). The number of aliphatic hydroxyl groups is 1. The van der Waals surface area contributed by atoms with E-state index in [0.717, 1.165) is 38.1 Å². The van der Waals surface area contributed by atoms with Crippen molar-refractivity contribution in [3.05, 3.63) is 52.9 Å². The zero-order valence-electron chi connectivity index (χ0n) is 16.8. The SMILES string of the molecule is O=C(NCc1cc(F)cc(Cl)c1)[C@@]1(O)CCN(c2ccc(N3CCNCC3)nc2)C1=O. The van der Waals surface area contributed by atoms with E-state index in [4.69, 9.17) is 11.6 Å². The maximum Gasteiger partial charge on any atom is 0.268 e. The van der Waals surface area contributed by atoms with Crippen LogP contribution in [-0.4, -0.2) is 60.2 Å². The fourth-order valence-electron chi connectivity index (χ4n) is 3.82. The van der Waals surface area contributed by atoms with Crippen molar-refractivity contribution in [2.24, 2.45) is 0 Å². The summed E-state index contributed by atoms with van der Waals surface area (Å²) in [5, 5.41) is 16.7. The molecule has 3 heterocycles. The Morgan fingerprint density at radius 2 is 2.03 bits per heavy atom. The summed E-state index contributed by atoms with van der Waals surface area (Å²) in [4.78, 5) is 33.4. The maximum atomic E-state index is 13.5. The Morgan fingerprint density at radius 1 is 1.26 bits per heavy atom. The Bertz CT molecular complexity index is 963. The molecule has 1 atom stereocenters. The van der Waals surface area contributed by atoms with E-state index in [1.54, 1.807) is 12.3 Å². The smallest absolute Gasteiger partial charge is 0.268 e. The van der Waals surface area contributed by atoms with Gasteiger partial charge in [-0.3, -0.25) is 9.59 Å². The largest absolute Gasteiger partial charge is 0.372 e. The van der Waals surface area contributed by atoms with Crippen LogP contribution in [0.15, 0.2) is 36.5 Å². The van der Waals surface area contributed by atoms with Crippen molar-refractivity contribution in [2.75, 3.05) is 42.5 Å². The average Bonchev–Trinajstić information content (AvgIpc) is 3.08. The number of benzene rings is 1. The lowest BCUT2D eigenvalue weighted by molar-refractivity contribution is -0.149. The lowest BCUT2D eigenvalue weighted by Gasteiger charge is -2.28. The van der Waals surface area contributed by atoms with Crippen LogP contribution in [0.3, 0.4) is 0 Å². The molecule has 0 saturated carbocycles. The van der Waals surface area contributed by atoms with E-state index in [1.807, 2.05) is 6.07 Å². The van der Waals surface area contributed by atoms with Crippen LogP contribution in [0.2, 0.25) is 5.02 Å². The average molecular weight is 448 g/mol. The van der Waals surface area contributed by atoms with Gasteiger partial charge in [0, 0.05) is 50.7 Å². The molecular formula is C21H23ClFN5O3. The number of hydrogen-bond acceptors (Lipinski definition) is 6. The third kappa shape index (κ3) is 4.48. The molecule has 0 spiro atoms. The van der Waals surface area contributed by atoms with Crippen molar-refractivity contribution in [3.63, 3.8) is 0 Å². The van der Waals surface area contributed by atoms with Crippen LogP contribution in [0.4, 0.5) is 15.9 Å². The monoisotopic (exact) mass is 447 g/mol. The molecule has 2 aliphatic rings. The van der Waals surface area contributed by atoms with Crippen LogP contribution < -0.4 is 20.4 Å². The van der Waals surface area contributed by atoms with Crippen LogP contribution >= 0.6 is 11.6 Å². The predicted molar refractivity (Wildman–Crippen MR) is 114 cm³/mol. The van der Waals surface area contributed by atoms with Crippen molar-refractivity contribution in [1.82, 2.24) is 15.6 Å². The second kappa shape index (κ2) is 8.78. The molecule has 1 aromatic carbocycles. The number of rotatable bonds is 5. The van der Waals surface area contributed by atoms with E-state index in [1.165, 1.54) is 17.0 Å². The van der Waals surface area contributed by atoms with Gasteiger partial charge in [0.1, 0.15) is 11.6 Å². The van der Waals surface area contributed by atoms with Crippen LogP contribution in [0, 0.1) is 5.82 Å². The van der Waals surface area contributed by atoms with Gasteiger partial charge in [-0.15, -0.1) is 0 Å². The van der Waals surface area contributed by atoms with Gasteiger partial charge in [-0.1, -0.05) is 11.6 Å². The summed E-state index contributed by atoms with van der Waals surface area (Å²) in [5.41, 5.74) is -1.24. The first kappa shape index (κ1) is 21.5. The minimum Gasteiger partial charge on any atom is -0.372 e. The van der Waals surface area contributed by atoms with E-state index in [-0.39, 0.29) is 24.5 Å². The Balaban J connectivity index is 1.41. The molecule has 2 saturated heterocycles. The van der Waals surface area contributed by atoms with Gasteiger partial charge in [0.2, 0.25) is 5.60 Å². The van der Waals surface area contributed by atoms with E-state index < -0.39 is 23.2 Å². The number of aromatic nitrogens is 1. The van der Waals surface area contributed by atoms with E-state index >= 15 is 0 Å². The van der Waals surface area contributed by atoms with Crippen LogP contribution in [0.1, 0.15) is 12.0 Å². The molecule has 164 valence electrons. The molecule has 2 aliphatic heterocycles. The summed E-state index contributed by atoms with van der Waals surface area (Å²) in [6, 6.07) is 7.48. The van der Waals surface area contributed by atoms with Crippen LogP contribution in [0.25, 0.3) is 0 Å². The highest BCUT2D eigenvalue weighted by Gasteiger charge is 2.51. The second-order valence-electron chi connectivity index (χ2n) is 7.64. The third-order valence-electron chi connectivity index (χ3n) is 5.53. The van der Waals surface area contributed by atoms with E-state index in [2.05, 4.69) is 20.5 Å². The van der Waals surface area contributed by atoms with Crippen molar-refractivity contribution < 1.29 is 19.1 Å². The molecule has 3 N–H and O–H groups in total. The molecule has 0 radical (unpaired) electrons. The highest BCUT2D eigenvalue weighted by molar-refractivity contribution is 6.30. The molecule has 2 amide bonds. The highest BCUT2D eigenvalue weighted by Crippen LogP contribution is 2.29. The van der Waals surface area contributed by atoms with Gasteiger partial charge < -0.3 is 25.5 Å². The number of hydrogen-bond donors (Lipinski definition) is 3. The van der Waals surface area contributed by atoms with Gasteiger partial charge in [-0.05, 0) is 35.9 Å². The summed E-state index contributed by atoms with van der Waals surface area (Å²) in [6.45, 7) is 3.60. The Morgan fingerprint density at radius 3 is 2.71 bits per heavy atom. The minimum absolute atomic E-state index is 0.0544. The molecule has 8 nitrogen and oxygen atoms in total. The number of anilines is 2. The number of nitrogens with one attached hydrogen (secondary N) is 2. The molecule has 2 aromatic rings. The number of piperazine rings is 1. The quantitative estimate of drug-likeness (QED) is 0.593. The summed E-state index contributed by atoms with van der Waals surface area (Å²) < 4.78 is 13.5. The number of pyridine rings is 1. The van der Waals surface area contributed by atoms with Gasteiger partial charge in [0.05, 0.1) is 11.9 Å². The fraction of sp³-hybridized carbons (Fsp3) is 0.381. The van der Waals surface area contributed by atoms with Gasteiger partial charge in [-0.25, -0.2) is 9.37 Å². The van der Waals surface area contributed by atoms with Gasteiger partial charge in [0.15, 0.2) is 0 Å². The van der Waals surface area contributed by atoms with Crippen molar-refractivity contribution in [2.45, 2.75) is 18.6 Å². The topological polar surface area (TPSA) is 97.8 Å². The molecule has 0 aliphatic carbocycles. The summed E-state index contributed by atoms with van der Waals surface area (Å²) in [5.74, 6) is -1.25. The molecular weight excluding hydrogens is 425 g/mol. The fourth-order valence-corrected chi connectivity index (χ4v) is 4.07. The standard InChI is InChI=1S/C21H23ClFN5O3/c22-15-9-14(10-16(23)11-15)12-26-19(29)21(31)3-6-28(20(21)30)17-1-2-18(25-13-17)27-7-4-24-5-8-27/h1-2,9-11,13,24,31H,3-8,12H2,(H,26,29)/t21-/m0/s1. The molecule has 31 heavy (non-hydrogen) atoms. The van der Waals surface area contributed by atoms with Crippen LogP contribution in [0.5, 0.6) is 0 Å². The zero-order chi connectivity index (χ0) is 22.0.